The van der Waals surface area contributed by atoms with Gasteiger partial charge < -0.3 is 33.3 Å². The molecule has 0 N–H and O–H groups in total. The molecule has 0 spiro atoms. The highest BCUT2D eigenvalue weighted by molar-refractivity contribution is 5.70. The molecule has 0 saturated heterocycles. The number of allylic oxidation sites excluding steroid dienone is 10. The van der Waals surface area contributed by atoms with Crippen LogP contribution in [0.4, 0.5) is 0 Å². The van der Waals surface area contributed by atoms with Crippen LogP contribution in [0.25, 0.3) is 0 Å². The summed E-state index contributed by atoms with van der Waals surface area (Å²) < 4.78 is 22.6. The molecule has 0 aliphatic rings. The molecular formula is C60H107NO8. The number of aliphatic carboxylic acids is 1. The monoisotopic (exact) mass is 970 g/mol. The van der Waals surface area contributed by atoms with Gasteiger partial charge in [-0.25, -0.2) is 0 Å². The van der Waals surface area contributed by atoms with Crippen LogP contribution in [-0.2, 0) is 33.3 Å². The second-order valence-corrected chi connectivity index (χ2v) is 20.2. The Morgan fingerprint density at radius 3 is 1.25 bits per heavy atom. The van der Waals surface area contributed by atoms with Crippen LogP contribution in [0.5, 0.6) is 0 Å². The summed E-state index contributed by atoms with van der Waals surface area (Å²) in [5.74, 6) is -2.31. The lowest BCUT2D eigenvalue weighted by Crippen LogP contribution is -2.44. The molecule has 0 aliphatic carbocycles. The molecule has 69 heavy (non-hydrogen) atoms. The van der Waals surface area contributed by atoms with Crippen molar-refractivity contribution in [1.29, 1.82) is 0 Å². The first kappa shape index (κ1) is 66.0. The van der Waals surface area contributed by atoms with Crippen LogP contribution < -0.4 is 5.11 Å². The number of quaternary nitrogens is 1. The van der Waals surface area contributed by atoms with Gasteiger partial charge in [0.1, 0.15) is 13.2 Å². The summed E-state index contributed by atoms with van der Waals surface area (Å²) in [6, 6.07) is 0. The van der Waals surface area contributed by atoms with Crippen LogP contribution in [0.2, 0.25) is 0 Å². The molecule has 0 fully saturated rings. The summed E-state index contributed by atoms with van der Waals surface area (Å²) in [7, 11) is 5.91. The van der Waals surface area contributed by atoms with Gasteiger partial charge in [0.2, 0.25) is 0 Å². The molecule has 0 radical (unpaired) electrons. The second-order valence-electron chi connectivity index (χ2n) is 20.2. The molecule has 9 nitrogen and oxygen atoms in total. The van der Waals surface area contributed by atoms with E-state index in [0.29, 0.717) is 17.4 Å². The average Bonchev–Trinajstić information content (AvgIpc) is 3.31. The number of rotatable bonds is 52. The van der Waals surface area contributed by atoms with Gasteiger partial charge in [-0.15, -0.1) is 0 Å². The Hall–Kier alpha value is -3.01. The van der Waals surface area contributed by atoms with E-state index in [-0.39, 0.29) is 38.6 Å². The standard InChI is InChI=1S/C60H107NO8/c1-6-8-10-12-14-16-18-20-22-24-25-26-27-28-29-30-31-32-33-35-36-38-40-42-44-46-48-50-57(62)67-54-56(55-68-60(59(64)65)66-53-52-61(3,4)5)69-58(63)51-49-47-45-43-41-39-37-34-23-21-19-17-15-13-11-9-7-2/h9,11,15,17,21,23-25,37,39,56,60H,6-8,10,12-14,16,18-20,22,26-36,38,40-55H2,1-5H3/b11-9-,17-15-,23-21-,25-24-,39-37-. The van der Waals surface area contributed by atoms with Crippen molar-refractivity contribution in [2.45, 2.75) is 257 Å². The predicted molar refractivity (Wildman–Crippen MR) is 288 cm³/mol. The minimum absolute atomic E-state index is 0.141. The molecule has 0 amide bonds. The van der Waals surface area contributed by atoms with E-state index in [1.807, 2.05) is 21.1 Å². The number of carbonyl (C=O) groups is 3. The molecule has 0 aromatic heterocycles. The van der Waals surface area contributed by atoms with Crippen molar-refractivity contribution in [3.8, 4) is 0 Å². The Balaban J connectivity index is 4.22. The van der Waals surface area contributed by atoms with Crippen molar-refractivity contribution in [2.24, 2.45) is 0 Å². The SMILES string of the molecule is CC/C=C\C/C=C\C/C=C\C/C=C\CCCCCCC(=O)OC(COC(=O)CCCCCCCCCCCCCCCCC/C=C\CCCCCCCCCC)COC(OCC[N+](C)(C)C)C(=O)[O-]. The number of nitrogens with zero attached hydrogens (tertiary/aromatic N) is 1. The fourth-order valence-electron chi connectivity index (χ4n) is 7.88. The number of unbranched alkanes of at least 4 members (excludes halogenated alkanes) is 27. The summed E-state index contributed by atoms with van der Waals surface area (Å²) in [6.07, 6.45) is 61.3. The molecule has 0 rings (SSSR count). The van der Waals surface area contributed by atoms with Crippen molar-refractivity contribution in [2.75, 3.05) is 47.5 Å². The van der Waals surface area contributed by atoms with Gasteiger partial charge in [-0.3, -0.25) is 9.59 Å². The average molecular weight is 971 g/mol. The number of likely N-dealkylation sites (N-methyl/N-ethyl adjacent to an activating group) is 1. The van der Waals surface area contributed by atoms with Crippen LogP contribution in [0.1, 0.15) is 245 Å². The normalized spacial score (nSPS) is 13.2. The van der Waals surface area contributed by atoms with E-state index in [9.17, 15) is 19.5 Å². The van der Waals surface area contributed by atoms with Crippen molar-refractivity contribution in [3.63, 3.8) is 0 Å². The quantitative estimate of drug-likeness (QED) is 0.0195. The van der Waals surface area contributed by atoms with Crippen LogP contribution in [-0.4, -0.2) is 82.3 Å². The van der Waals surface area contributed by atoms with E-state index < -0.39 is 24.3 Å². The number of ether oxygens (including phenoxy) is 4. The molecule has 0 aromatic carbocycles. The van der Waals surface area contributed by atoms with E-state index in [2.05, 4.69) is 74.6 Å². The zero-order valence-corrected chi connectivity index (χ0v) is 45.4. The van der Waals surface area contributed by atoms with Gasteiger partial charge in [-0.2, -0.15) is 0 Å². The molecule has 0 aromatic rings. The fraction of sp³-hybridized carbons (Fsp3) is 0.783. The molecule has 2 unspecified atom stereocenters. The Kier molecular flexibility index (Phi) is 49.1. The van der Waals surface area contributed by atoms with Gasteiger partial charge in [-0.1, -0.05) is 216 Å². The van der Waals surface area contributed by atoms with E-state index in [1.165, 1.54) is 141 Å². The maximum Gasteiger partial charge on any atom is 0.306 e. The number of hydrogen-bond donors (Lipinski definition) is 0. The first-order valence-electron chi connectivity index (χ1n) is 28.4. The Morgan fingerprint density at radius 2 is 0.826 bits per heavy atom. The van der Waals surface area contributed by atoms with Gasteiger partial charge in [0.05, 0.1) is 40.3 Å². The molecule has 9 heteroatoms. The van der Waals surface area contributed by atoms with Crippen LogP contribution in [0.15, 0.2) is 60.8 Å². The third-order valence-corrected chi connectivity index (χ3v) is 12.2. The summed E-state index contributed by atoms with van der Waals surface area (Å²) in [4.78, 5) is 37.2. The molecule has 0 aliphatic heterocycles. The fourth-order valence-corrected chi connectivity index (χ4v) is 7.88. The summed E-state index contributed by atoms with van der Waals surface area (Å²) in [5.41, 5.74) is 0. The largest absolute Gasteiger partial charge is 0.545 e. The maximum absolute atomic E-state index is 12.8. The lowest BCUT2D eigenvalue weighted by Gasteiger charge is -2.26. The molecule has 2 atom stereocenters. The van der Waals surface area contributed by atoms with E-state index in [1.54, 1.807) is 0 Å². The molecule has 0 bridgehead atoms. The minimum atomic E-state index is -1.63. The van der Waals surface area contributed by atoms with Crippen molar-refractivity contribution in [1.82, 2.24) is 0 Å². The first-order valence-corrected chi connectivity index (χ1v) is 28.4. The van der Waals surface area contributed by atoms with Gasteiger partial charge >= 0.3 is 11.9 Å². The van der Waals surface area contributed by atoms with Crippen molar-refractivity contribution >= 4 is 17.9 Å². The van der Waals surface area contributed by atoms with Crippen molar-refractivity contribution < 1.29 is 42.9 Å². The van der Waals surface area contributed by atoms with Gasteiger partial charge in [0.25, 0.3) is 0 Å². The molecular weight excluding hydrogens is 863 g/mol. The zero-order chi connectivity index (χ0) is 50.6. The van der Waals surface area contributed by atoms with Crippen LogP contribution in [0, 0.1) is 0 Å². The lowest BCUT2D eigenvalue weighted by molar-refractivity contribution is -0.870. The predicted octanol–water partition coefficient (Wildman–Crippen LogP) is 15.1. The summed E-state index contributed by atoms with van der Waals surface area (Å²) in [5, 5.41) is 11.8. The van der Waals surface area contributed by atoms with Crippen LogP contribution >= 0.6 is 0 Å². The number of carboxylic acids is 1. The number of hydrogen-bond acceptors (Lipinski definition) is 8. The highest BCUT2D eigenvalue weighted by Crippen LogP contribution is 2.16. The number of carboxylic acid groups (broad SMARTS) is 1. The maximum atomic E-state index is 12.8. The summed E-state index contributed by atoms with van der Waals surface area (Å²) >= 11 is 0. The Bertz CT molecular complexity index is 1310. The Morgan fingerprint density at radius 1 is 0.449 bits per heavy atom. The highest BCUT2D eigenvalue weighted by Gasteiger charge is 2.22. The molecule has 0 heterocycles. The second kappa shape index (κ2) is 51.3. The zero-order valence-electron chi connectivity index (χ0n) is 45.4. The Labute approximate surface area is 425 Å². The smallest absolute Gasteiger partial charge is 0.306 e. The van der Waals surface area contributed by atoms with Gasteiger partial charge in [0, 0.05) is 12.8 Å². The van der Waals surface area contributed by atoms with Crippen LogP contribution in [0.3, 0.4) is 0 Å². The lowest BCUT2D eigenvalue weighted by atomic mass is 10.0. The van der Waals surface area contributed by atoms with Gasteiger partial charge in [0.15, 0.2) is 12.4 Å². The third-order valence-electron chi connectivity index (χ3n) is 12.2. The highest BCUT2D eigenvalue weighted by atomic mass is 16.7. The number of esters is 2. The first-order chi connectivity index (χ1) is 33.6. The van der Waals surface area contributed by atoms with Crippen molar-refractivity contribution in [3.05, 3.63) is 60.8 Å². The van der Waals surface area contributed by atoms with E-state index in [0.717, 1.165) is 70.6 Å². The summed E-state index contributed by atoms with van der Waals surface area (Å²) in [6.45, 7) is 4.62. The number of carbonyl (C=O) groups excluding carboxylic acids is 3. The van der Waals surface area contributed by atoms with E-state index >= 15 is 0 Å². The third kappa shape index (κ3) is 52.6. The van der Waals surface area contributed by atoms with Gasteiger partial charge in [-0.05, 0) is 77.0 Å². The molecule has 400 valence electrons. The van der Waals surface area contributed by atoms with E-state index in [4.69, 9.17) is 18.9 Å². The minimum Gasteiger partial charge on any atom is -0.545 e. The molecule has 0 saturated carbocycles. The topological polar surface area (TPSA) is 111 Å².